The van der Waals surface area contributed by atoms with Gasteiger partial charge >= 0.3 is 5.97 Å². The summed E-state index contributed by atoms with van der Waals surface area (Å²) in [6.45, 7) is 0.385. The quantitative estimate of drug-likeness (QED) is 0.186. The third kappa shape index (κ3) is 6.01. The van der Waals surface area contributed by atoms with E-state index in [-0.39, 0.29) is 12.0 Å². The number of hydrogen-bond donors (Lipinski definition) is 5. The molecule has 0 aliphatic carbocycles. The fourth-order valence-electron chi connectivity index (χ4n) is 1.15. The maximum Gasteiger partial charge on any atom is 0.330 e. The summed E-state index contributed by atoms with van der Waals surface area (Å²) < 4.78 is 4.65. The molecule has 4 atom stereocenters. The van der Waals surface area contributed by atoms with E-state index in [1.165, 1.54) is 6.92 Å². The molecule has 8 nitrogen and oxygen atoms in total. The fraction of sp³-hybridized carbons (Fsp3) is 0.700. The number of aliphatic hydroxyl groups excluding tert-OH is 3. The van der Waals surface area contributed by atoms with Crippen LogP contribution in [0.1, 0.15) is 6.92 Å². The van der Waals surface area contributed by atoms with Crippen molar-refractivity contribution in [1.29, 1.82) is 0 Å². The van der Waals surface area contributed by atoms with Gasteiger partial charge in [-0.25, -0.2) is 4.79 Å². The molecule has 0 fully saturated rings. The van der Waals surface area contributed by atoms with Crippen LogP contribution in [0.5, 0.6) is 0 Å². The Hall–Kier alpha value is -1.16. The lowest BCUT2D eigenvalue weighted by molar-refractivity contribution is -0.165. The highest BCUT2D eigenvalue weighted by molar-refractivity contribution is 7.80. The zero-order valence-corrected chi connectivity index (χ0v) is 11.1. The second kappa shape index (κ2) is 8.86. The Morgan fingerprint density at radius 1 is 1.42 bits per heavy atom. The predicted octanol–water partition coefficient (Wildman–Crippen LogP) is -2.75. The van der Waals surface area contributed by atoms with Crippen molar-refractivity contribution in [1.82, 2.24) is 5.32 Å². The molecular formula is C10H17NO7S. The molecule has 110 valence electrons. The van der Waals surface area contributed by atoms with E-state index in [2.05, 4.69) is 22.7 Å². The molecule has 0 unspecified atom stereocenters. The highest BCUT2D eigenvalue weighted by Crippen LogP contribution is 2.05. The molecule has 0 aromatic carbocycles. The number of carbonyl (C=O) groups excluding carboxylic acids is 3. The van der Waals surface area contributed by atoms with Crippen LogP contribution in [0.3, 0.4) is 0 Å². The van der Waals surface area contributed by atoms with Gasteiger partial charge in [0.25, 0.3) is 0 Å². The van der Waals surface area contributed by atoms with Gasteiger partial charge in [0.05, 0.1) is 6.61 Å². The van der Waals surface area contributed by atoms with Gasteiger partial charge in [0.2, 0.25) is 5.91 Å². The van der Waals surface area contributed by atoms with E-state index in [0.717, 1.165) is 0 Å². The summed E-state index contributed by atoms with van der Waals surface area (Å²) in [5, 5.41) is 29.4. The van der Waals surface area contributed by atoms with Crippen LogP contribution < -0.4 is 5.32 Å². The molecule has 0 aliphatic rings. The van der Waals surface area contributed by atoms with Crippen LogP contribution in [0.2, 0.25) is 0 Å². The Morgan fingerprint density at radius 2 is 2.00 bits per heavy atom. The lowest BCUT2D eigenvalue weighted by atomic mass is 10.1. The van der Waals surface area contributed by atoms with E-state index >= 15 is 0 Å². The summed E-state index contributed by atoms with van der Waals surface area (Å²) >= 11 is 3.84. The lowest BCUT2D eigenvalue weighted by Crippen LogP contribution is -2.48. The minimum atomic E-state index is -1.76. The molecule has 0 bridgehead atoms. The van der Waals surface area contributed by atoms with Crippen LogP contribution in [0.4, 0.5) is 0 Å². The normalized spacial score (nSPS) is 16.9. The van der Waals surface area contributed by atoms with Crippen molar-refractivity contribution in [3.8, 4) is 0 Å². The number of nitrogens with one attached hydrogen (secondary N) is 1. The second-order valence-electron chi connectivity index (χ2n) is 3.71. The van der Waals surface area contributed by atoms with Gasteiger partial charge in [-0.05, 0) is 0 Å². The molecule has 4 N–H and O–H groups in total. The first-order valence-corrected chi connectivity index (χ1v) is 6.01. The fourth-order valence-corrected chi connectivity index (χ4v) is 1.39. The average Bonchev–Trinajstić information content (AvgIpc) is 2.39. The number of rotatable bonds is 8. The van der Waals surface area contributed by atoms with Crippen molar-refractivity contribution in [3.63, 3.8) is 0 Å². The molecular weight excluding hydrogens is 278 g/mol. The van der Waals surface area contributed by atoms with Crippen LogP contribution in [0, 0.1) is 0 Å². The van der Waals surface area contributed by atoms with E-state index in [1.54, 1.807) is 0 Å². The first-order valence-electron chi connectivity index (χ1n) is 5.38. The zero-order chi connectivity index (χ0) is 15.0. The molecule has 0 saturated heterocycles. The summed E-state index contributed by atoms with van der Waals surface area (Å²) in [6, 6.07) is -1.08. The summed E-state index contributed by atoms with van der Waals surface area (Å²) in [4.78, 5) is 33.1. The first kappa shape index (κ1) is 17.8. The Bertz CT molecular complexity index is 325. The third-order valence-electron chi connectivity index (χ3n) is 2.15. The average molecular weight is 295 g/mol. The molecule has 0 aliphatic heterocycles. The van der Waals surface area contributed by atoms with Crippen molar-refractivity contribution >= 4 is 30.8 Å². The molecule has 0 heterocycles. The number of hydrogen-bond acceptors (Lipinski definition) is 8. The number of esters is 1. The standard InChI is InChI=1S/C10H17NO7S/c1-5(14)11-6(4-19)10(17)18-8(3-13)9(16)7(15)2-12/h3,6-9,12,15-16,19H,2,4H2,1H3,(H,11,14)/t6-,7+,8-,9+/m0/s1. The first-order chi connectivity index (χ1) is 8.87. The molecule has 0 aromatic heterocycles. The highest BCUT2D eigenvalue weighted by atomic mass is 32.1. The van der Waals surface area contributed by atoms with E-state index in [1.807, 2.05) is 0 Å². The number of thiol groups is 1. The highest BCUT2D eigenvalue weighted by Gasteiger charge is 2.31. The molecule has 0 rings (SSSR count). The second-order valence-corrected chi connectivity index (χ2v) is 4.08. The van der Waals surface area contributed by atoms with E-state index in [0.29, 0.717) is 0 Å². The van der Waals surface area contributed by atoms with Gasteiger partial charge in [-0.2, -0.15) is 12.6 Å². The number of amides is 1. The van der Waals surface area contributed by atoms with Crippen LogP contribution >= 0.6 is 12.6 Å². The predicted molar refractivity (Wildman–Crippen MR) is 66.5 cm³/mol. The van der Waals surface area contributed by atoms with Crippen molar-refractivity contribution < 1.29 is 34.4 Å². The van der Waals surface area contributed by atoms with E-state index in [4.69, 9.17) is 10.2 Å². The summed E-state index contributed by atoms with van der Waals surface area (Å²) in [5.74, 6) is -1.54. The van der Waals surface area contributed by atoms with Crippen molar-refractivity contribution in [3.05, 3.63) is 0 Å². The minimum absolute atomic E-state index is 0.0668. The largest absolute Gasteiger partial charge is 0.450 e. The molecule has 0 radical (unpaired) electrons. The molecule has 9 heteroatoms. The Kier molecular flexibility index (Phi) is 8.32. The molecule has 0 spiro atoms. The van der Waals surface area contributed by atoms with Crippen LogP contribution in [-0.2, 0) is 19.1 Å². The number of aldehydes is 1. The summed E-state index contributed by atoms with van der Waals surface area (Å²) in [5.41, 5.74) is 0. The van der Waals surface area contributed by atoms with Gasteiger partial charge in [0, 0.05) is 12.7 Å². The minimum Gasteiger partial charge on any atom is -0.450 e. The maximum atomic E-state index is 11.6. The van der Waals surface area contributed by atoms with Crippen LogP contribution in [0.15, 0.2) is 0 Å². The number of carbonyl (C=O) groups is 3. The topological polar surface area (TPSA) is 133 Å². The van der Waals surface area contributed by atoms with Crippen LogP contribution in [0.25, 0.3) is 0 Å². The number of aliphatic hydroxyl groups is 3. The Balaban J connectivity index is 4.64. The summed E-state index contributed by atoms with van der Waals surface area (Å²) in [7, 11) is 0. The smallest absolute Gasteiger partial charge is 0.330 e. The zero-order valence-electron chi connectivity index (χ0n) is 10.2. The summed E-state index contributed by atoms with van der Waals surface area (Å²) in [6.07, 6.45) is -4.92. The third-order valence-corrected chi connectivity index (χ3v) is 2.51. The van der Waals surface area contributed by atoms with E-state index in [9.17, 15) is 19.5 Å². The van der Waals surface area contributed by atoms with E-state index < -0.39 is 42.8 Å². The maximum absolute atomic E-state index is 11.6. The van der Waals surface area contributed by atoms with Gasteiger partial charge in [-0.3, -0.25) is 9.59 Å². The Morgan fingerprint density at radius 3 is 2.37 bits per heavy atom. The van der Waals surface area contributed by atoms with Crippen LogP contribution in [-0.4, -0.2) is 70.2 Å². The van der Waals surface area contributed by atoms with Gasteiger partial charge in [0.1, 0.15) is 18.2 Å². The van der Waals surface area contributed by atoms with Gasteiger partial charge in [-0.15, -0.1) is 0 Å². The monoisotopic (exact) mass is 295 g/mol. The lowest BCUT2D eigenvalue weighted by Gasteiger charge is -2.23. The van der Waals surface area contributed by atoms with Crippen molar-refractivity contribution in [2.24, 2.45) is 0 Å². The van der Waals surface area contributed by atoms with Crippen molar-refractivity contribution in [2.45, 2.75) is 31.3 Å². The van der Waals surface area contributed by atoms with Gasteiger partial charge in [-0.1, -0.05) is 0 Å². The SMILES string of the molecule is CC(=O)N[C@@H](CS)C(=O)O[C@@H](C=O)[C@H](O)[C@H](O)CO. The molecule has 19 heavy (non-hydrogen) atoms. The molecule has 0 aromatic rings. The molecule has 0 saturated carbocycles. The van der Waals surface area contributed by atoms with Crippen molar-refractivity contribution in [2.75, 3.05) is 12.4 Å². The van der Waals surface area contributed by atoms with Gasteiger partial charge in [0.15, 0.2) is 12.4 Å². The number of ether oxygens (including phenoxy) is 1. The Labute approximate surface area is 115 Å². The van der Waals surface area contributed by atoms with Gasteiger partial charge < -0.3 is 25.4 Å². The molecule has 1 amide bonds.